The monoisotopic (exact) mass is 354 g/mol. The Labute approximate surface area is 155 Å². The number of carboxylic acid groups (broad SMARTS) is 1. The van der Waals surface area contributed by atoms with E-state index in [-0.39, 0.29) is 5.92 Å². The number of hydrogen-bond acceptors (Lipinski definition) is 3. The smallest absolute Gasteiger partial charge is 0.331 e. The van der Waals surface area contributed by atoms with Crippen molar-refractivity contribution in [1.29, 1.82) is 0 Å². The lowest BCUT2D eigenvalue weighted by atomic mass is 9.92. The van der Waals surface area contributed by atoms with Gasteiger partial charge < -0.3 is 14.6 Å². The zero-order chi connectivity index (χ0) is 18.9. The van der Waals surface area contributed by atoms with Crippen LogP contribution < -0.4 is 9.47 Å². The second-order valence-corrected chi connectivity index (χ2v) is 6.11. The van der Waals surface area contributed by atoms with Crippen LogP contribution in [-0.2, 0) is 11.2 Å². The third-order valence-corrected chi connectivity index (χ3v) is 4.48. The van der Waals surface area contributed by atoms with Crippen LogP contribution >= 0.6 is 0 Å². The predicted octanol–water partition coefficient (Wildman–Crippen LogP) is 4.84. The first-order valence-corrected chi connectivity index (χ1v) is 8.78. The van der Waals surface area contributed by atoms with Crippen molar-refractivity contribution in [3.8, 4) is 11.5 Å². The van der Waals surface area contributed by atoms with Gasteiger partial charge in [0.25, 0.3) is 0 Å². The number of carbonyl (C=O) groups is 1. The molecule has 2 rings (SSSR count). The highest BCUT2D eigenvalue weighted by molar-refractivity contribution is 5.86. The first-order chi connectivity index (χ1) is 12.6. The number of methoxy groups -OCH3 is 2. The summed E-state index contributed by atoms with van der Waals surface area (Å²) in [6.45, 7) is 2.07. The number of benzene rings is 2. The van der Waals surface area contributed by atoms with E-state index in [0.29, 0.717) is 29.9 Å². The van der Waals surface area contributed by atoms with Crippen molar-refractivity contribution in [3.63, 3.8) is 0 Å². The van der Waals surface area contributed by atoms with Crippen LogP contribution in [0.5, 0.6) is 11.5 Å². The lowest BCUT2D eigenvalue weighted by molar-refractivity contribution is -0.132. The van der Waals surface area contributed by atoms with Crippen LogP contribution in [0.15, 0.2) is 60.2 Å². The predicted molar refractivity (Wildman–Crippen MR) is 103 cm³/mol. The molecule has 0 aliphatic rings. The molecule has 26 heavy (non-hydrogen) atoms. The van der Waals surface area contributed by atoms with Gasteiger partial charge in [0.05, 0.1) is 14.2 Å². The van der Waals surface area contributed by atoms with Gasteiger partial charge in [0.2, 0.25) is 0 Å². The van der Waals surface area contributed by atoms with Crippen LogP contribution in [0.25, 0.3) is 0 Å². The Kier molecular flexibility index (Phi) is 7.27. The van der Waals surface area contributed by atoms with Gasteiger partial charge in [-0.15, -0.1) is 0 Å². The number of hydrogen-bond donors (Lipinski definition) is 1. The maximum atomic E-state index is 11.7. The average molecular weight is 354 g/mol. The lowest BCUT2D eigenvalue weighted by Crippen LogP contribution is -2.05. The van der Waals surface area contributed by atoms with Crippen LogP contribution in [0, 0.1) is 0 Å². The Hall–Kier alpha value is -2.75. The Bertz CT molecular complexity index is 750. The molecule has 0 radical (unpaired) electrons. The topological polar surface area (TPSA) is 55.8 Å². The zero-order valence-electron chi connectivity index (χ0n) is 15.6. The summed E-state index contributed by atoms with van der Waals surface area (Å²) in [5.41, 5.74) is 2.60. The molecular weight excluding hydrogens is 328 g/mol. The van der Waals surface area contributed by atoms with Crippen molar-refractivity contribution in [3.05, 3.63) is 71.3 Å². The van der Waals surface area contributed by atoms with Gasteiger partial charge in [0.1, 0.15) is 0 Å². The van der Waals surface area contributed by atoms with Gasteiger partial charge in [-0.25, -0.2) is 4.79 Å². The largest absolute Gasteiger partial charge is 0.493 e. The molecule has 2 aromatic rings. The minimum absolute atomic E-state index is 0.104. The number of aryl methyl sites for hydroxylation is 1. The van der Waals surface area contributed by atoms with E-state index in [1.165, 1.54) is 0 Å². The fourth-order valence-corrected chi connectivity index (χ4v) is 2.97. The molecule has 0 aliphatic carbocycles. The second kappa shape index (κ2) is 9.66. The second-order valence-electron chi connectivity index (χ2n) is 6.11. The SMILES string of the molecule is CCC(C=C(CCc1ccc(OC)c(OC)c1)C(=O)O)c1ccccc1. The highest BCUT2D eigenvalue weighted by atomic mass is 16.5. The van der Waals surface area contributed by atoms with E-state index in [2.05, 4.69) is 6.92 Å². The highest BCUT2D eigenvalue weighted by Gasteiger charge is 2.14. The van der Waals surface area contributed by atoms with E-state index in [1.54, 1.807) is 14.2 Å². The molecule has 1 N–H and O–H groups in total. The molecule has 0 saturated carbocycles. The minimum atomic E-state index is -0.861. The Balaban J connectivity index is 2.17. The number of carboxylic acids is 1. The van der Waals surface area contributed by atoms with Gasteiger partial charge in [-0.05, 0) is 42.5 Å². The zero-order valence-corrected chi connectivity index (χ0v) is 15.6. The number of ether oxygens (including phenoxy) is 2. The van der Waals surface area contributed by atoms with Crippen LogP contribution in [0.3, 0.4) is 0 Å². The molecule has 4 nitrogen and oxygen atoms in total. The van der Waals surface area contributed by atoms with Gasteiger partial charge in [-0.3, -0.25) is 0 Å². The van der Waals surface area contributed by atoms with Crippen molar-refractivity contribution in [1.82, 2.24) is 0 Å². The van der Waals surface area contributed by atoms with Crippen molar-refractivity contribution in [2.45, 2.75) is 32.1 Å². The van der Waals surface area contributed by atoms with E-state index < -0.39 is 5.97 Å². The summed E-state index contributed by atoms with van der Waals surface area (Å²) in [7, 11) is 3.19. The molecule has 0 heterocycles. The summed E-state index contributed by atoms with van der Waals surface area (Å²) in [6.07, 6.45) is 3.84. The molecule has 0 fully saturated rings. The Morgan fingerprint density at radius 3 is 2.35 bits per heavy atom. The number of aliphatic carboxylic acids is 1. The minimum Gasteiger partial charge on any atom is -0.493 e. The van der Waals surface area contributed by atoms with Crippen molar-refractivity contribution in [2.75, 3.05) is 14.2 Å². The molecule has 1 unspecified atom stereocenters. The van der Waals surface area contributed by atoms with E-state index >= 15 is 0 Å². The van der Waals surface area contributed by atoms with Crippen molar-refractivity contribution in [2.24, 2.45) is 0 Å². The summed E-state index contributed by atoms with van der Waals surface area (Å²) in [4.78, 5) is 11.7. The van der Waals surface area contributed by atoms with Crippen LogP contribution in [-0.4, -0.2) is 25.3 Å². The van der Waals surface area contributed by atoms with Gasteiger partial charge >= 0.3 is 5.97 Å². The number of allylic oxidation sites excluding steroid dienone is 1. The van der Waals surface area contributed by atoms with E-state index in [9.17, 15) is 9.90 Å². The van der Waals surface area contributed by atoms with Crippen molar-refractivity contribution >= 4 is 5.97 Å². The molecule has 2 aromatic carbocycles. The molecule has 138 valence electrons. The summed E-state index contributed by atoms with van der Waals surface area (Å²) in [6, 6.07) is 15.7. The summed E-state index contributed by atoms with van der Waals surface area (Å²) < 4.78 is 10.6. The molecule has 0 spiro atoms. The first kappa shape index (κ1) is 19.6. The fraction of sp³-hybridized carbons (Fsp3) is 0.318. The Morgan fingerprint density at radius 1 is 1.08 bits per heavy atom. The van der Waals surface area contributed by atoms with E-state index in [0.717, 1.165) is 17.5 Å². The normalized spacial score (nSPS) is 12.5. The van der Waals surface area contributed by atoms with Gasteiger partial charge in [0.15, 0.2) is 11.5 Å². The fourth-order valence-electron chi connectivity index (χ4n) is 2.97. The molecule has 0 aromatic heterocycles. The Morgan fingerprint density at radius 2 is 1.77 bits per heavy atom. The number of rotatable bonds is 9. The van der Waals surface area contributed by atoms with Crippen LogP contribution in [0.1, 0.15) is 36.8 Å². The third kappa shape index (κ3) is 5.12. The molecule has 0 bridgehead atoms. The quantitative estimate of drug-likeness (QED) is 0.655. The molecule has 0 aliphatic heterocycles. The van der Waals surface area contributed by atoms with Crippen LogP contribution in [0.4, 0.5) is 0 Å². The van der Waals surface area contributed by atoms with Crippen LogP contribution in [0.2, 0.25) is 0 Å². The maximum Gasteiger partial charge on any atom is 0.331 e. The standard InChI is InChI=1S/C22H26O4/c1-4-17(18-8-6-5-7-9-18)15-19(22(23)24)12-10-16-11-13-20(25-2)21(14-16)26-3/h5-9,11,13-15,17H,4,10,12H2,1-3H3,(H,23,24). The summed E-state index contributed by atoms with van der Waals surface area (Å²) >= 11 is 0. The maximum absolute atomic E-state index is 11.7. The van der Waals surface area contributed by atoms with Gasteiger partial charge in [-0.2, -0.15) is 0 Å². The molecule has 0 amide bonds. The van der Waals surface area contributed by atoms with E-state index in [1.807, 2.05) is 54.6 Å². The average Bonchev–Trinajstić information content (AvgIpc) is 2.68. The molecule has 1 atom stereocenters. The van der Waals surface area contributed by atoms with Gasteiger partial charge in [-0.1, -0.05) is 49.4 Å². The summed E-state index contributed by atoms with van der Waals surface area (Å²) in [5, 5.41) is 9.61. The van der Waals surface area contributed by atoms with Crippen molar-refractivity contribution < 1.29 is 19.4 Å². The molecule has 4 heteroatoms. The van der Waals surface area contributed by atoms with Gasteiger partial charge in [0, 0.05) is 11.5 Å². The van der Waals surface area contributed by atoms with E-state index in [4.69, 9.17) is 9.47 Å². The highest BCUT2D eigenvalue weighted by Crippen LogP contribution is 2.29. The first-order valence-electron chi connectivity index (χ1n) is 8.78. The molecule has 0 saturated heterocycles. The molecular formula is C22H26O4. The summed E-state index contributed by atoms with van der Waals surface area (Å²) in [5.74, 6) is 0.564. The lowest BCUT2D eigenvalue weighted by Gasteiger charge is -2.13. The third-order valence-electron chi connectivity index (χ3n) is 4.48.